The summed E-state index contributed by atoms with van der Waals surface area (Å²) in [5.41, 5.74) is 6.39. The first-order valence-electron chi connectivity index (χ1n) is 10.9. The Hall–Kier alpha value is -4.05. The zero-order chi connectivity index (χ0) is 22.9. The molecule has 1 aliphatic rings. The number of aryl methyl sites for hydroxylation is 1. The number of hydrogen-bond acceptors (Lipinski definition) is 5. The molecule has 0 amide bonds. The average molecular weight is 439 g/mol. The van der Waals surface area contributed by atoms with E-state index in [1.54, 1.807) is 25.4 Å². The van der Waals surface area contributed by atoms with Crippen LogP contribution in [0.1, 0.15) is 48.3 Å². The SMILES string of the molecule is CCCc1nc2nccnc2n1Cc1ccc2c(c1)COc1cc(F)ccc1/C2=C(/C)C#N. The molecular formula is C26H22FN5O. The van der Waals surface area contributed by atoms with E-state index in [0.717, 1.165) is 52.1 Å². The van der Waals surface area contributed by atoms with Crippen LogP contribution in [0.25, 0.3) is 16.9 Å². The topological polar surface area (TPSA) is 76.6 Å². The summed E-state index contributed by atoms with van der Waals surface area (Å²) in [6.45, 7) is 4.78. The molecular weight excluding hydrogens is 417 g/mol. The molecule has 6 nitrogen and oxygen atoms in total. The first-order chi connectivity index (χ1) is 16.1. The number of rotatable bonds is 4. The van der Waals surface area contributed by atoms with Gasteiger partial charge in [-0.1, -0.05) is 19.1 Å². The Labute approximate surface area is 191 Å². The van der Waals surface area contributed by atoms with Gasteiger partial charge in [0.25, 0.3) is 0 Å². The normalized spacial score (nSPS) is 14.1. The number of nitriles is 1. The number of hydrogen-bond donors (Lipinski definition) is 0. The van der Waals surface area contributed by atoms with E-state index in [1.807, 2.05) is 6.07 Å². The Morgan fingerprint density at radius 3 is 2.79 bits per heavy atom. The number of halogens is 1. The van der Waals surface area contributed by atoms with E-state index in [0.29, 0.717) is 23.5 Å². The fourth-order valence-corrected chi connectivity index (χ4v) is 4.35. The van der Waals surface area contributed by atoms with Crippen molar-refractivity contribution in [2.75, 3.05) is 0 Å². The minimum absolute atomic E-state index is 0.286. The van der Waals surface area contributed by atoms with Gasteiger partial charge in [0.05, 0.1) is 12.6 Å². The van der Waals surface area contributed by atoms with Crippen molar-refractivity contribution in [3.63, 3.8) is 0 Å². The maximum atomic E-state index is 13.9. The maximum Gasteiger partial charge on any atom is 0.197 e. The highest BCUT2D eigenvalue weighted by molar-refractivity contribution is 5.88. The molecule has 0 atom stereocenters. The molecule has 0 saturated heterocycles. The molecule has 1 aliphatic heterocycles. The van der Waals surface area contributed by atoms with E-state index in [2.05, 4.69) is 44.6 Å². The number of ether oxygens (including phenoxy) is 1. The van der Waals surface area contributed by atoms with Gasteiger partial charge >= 0.3 is 0 Å². The molecule has 0 bridgehead atoms. The number of benzene rings is 2. The number of imidazole rings is 1. The van der Waals surface area contributed by atoms with E-state index in [9.17, 15) is 9.65 Å². The van der Waals surface area contributed by atoms with Crippen LogP contribution in [-0.4, -0.2) is 19.5 Å². The van der Waals surface area contributed by atoms with Crippen LogP contribution in [0.4, 0.5) is 4.39 Å². The minimum atomic E-state index is -0.370. The summed E-state index contributed by atoms with van der Waals surface area (Å²) >= 11 is 0. The largest absolute Gasteiger partial charge is 0.488 e. The monoisotopic (exact) mass is 439 g/mol. The van der Waals surface area contributed by atoms with Crippen LogP contribution in [0.3, 0.4) is 0 Å². The van der Waals surface area contributed by atoms with Gasteiger partial charge in [-0.3, -0.25) is 0 Å². The predicted molar refractivity (Wildman–Crippen MR) is 123 cm³/mol. The first kappa shape index (κ1) is 20.8. The molecule has 0 radical (unpaired) electrons. The van der Waals surface area contributed by atoms with Gasteiger partial charge in [0.2, 0.25) is 0 Å². The molecule has 3 heterocycles. The maximum absolute atomic E-state index is 13.9. The van der Waals surface area contributed by atoms with Crippen LogP contribution in [0.5, 0.6) is 5.75 Å². The number of fused-ring (bicyclic) bond motifs is 3. The van der Waals surface area contributed by atoms with Gasteiger partial charge in [0, 0.05) is 41.6 Å². The molecule has 0 fully saturated rings. The van der Waals surface area contributed by atoms with Crippen molar-refractivity contribution in [2.45, 2.75) is 39.8 Å². The molecule has 164 valence electrons. The van der Waals surface area contributed by atoms with Crippen LogP contribution in [0, 0.1) is 17.1 Å². The summed E-state index contributed by atoms with van der Waals surface area (Å²) in [5, 5.41) is 9.65. The van der Waals surface area contributed by atoms with Crippen molar-refractivity contribution in [1.82, 2.24) is 19.5 Å². The lowest BCUT2D eigenvalue weighted by Gasteiger charge is -2.14. The molecule has 33 heavy (non-hydrogen) atoms. The fourth-order valence-electron chi connectivity index (χ4n) is 4.35. The summed E-state index contributed by atoms with van der Waals surface area (Å²) in [4.78, 5) is 13.5. The summed E-state index contributed by atoms with van der Waals surface area (Å²) < 4.78 is 22.0. The van der Waals surface area contributed by atoms with E-state index in [1.165, 1.54) is 12.1 Å². The average Bonchev–Trinajstić information content (AvgIpc) is 3.07. The molecule has 0 saturated carbocycles. The number of allylic oxidation sites excluding steroid dienone is 1. The Balaban J connectivity index is 1.60. The molecule has 0 aliphatic carbocycles. The summed E-state index contributed by atoms with van der Waals surface area (Å²) in [5.74, 6) is 1.03. The van der Waals surface area contributed by atoms with Gasteiger partial charge in [-0.05, 0) is 48.2 Å². The molecule has 0 spiro atoms. The van der Waals surface area contributed by atoms with Crippen molar-refractivity contribution < 1.29 is 9.13 Å². The number of nitrogens with zero attached hydrogens (tertiary/aromatic N) is 5. The third kappa shape index (κ3) is 3.74. The highest BCUT2D eigenvalue weighted by Crippen LogP contribution is 2.39. The second-order valence-electron chi connectivity index (χ2n) is 8.10. The van der Waals surface area contributed by atoms with Crippen molar-refractivity contribution >= 4 is 16.9 Å². The fraction of sp³-hybridized carbons (Fsp3) is 0.231. The Kier molecular flexibility index (Phi) is 5.35. The van der Waals surface area contributed by atoms with Gasteiger partial charge in [0.1, 0.15) is 24.0 Å². The van der Waals surface area contributed by atoms with Crippen molar-refractivity contribution in [3.8, 4) is 11.8 Å². The first-order valence-corrected chi connectivity index (χ1v) is 10.9. The van der Waals surface area contributed by atoms with E-state index in [4.69, 9.17) is 4.74 Å². The zero-order valence-corrected chi connectivity index (χ0v) is 18.5. The van der Waals surface area contributed by atoms with E-state index in [-0.39, 0.29) is 12.4 Å². The van der Waals surface area contributed by atoms with Crippen LogP contribution in [-0.2, 0) is 19.6 Å². The van der Waals surface area contributed by atoms with Crippen LogP contribution >= 0.6 is 0 Å². The molecule has 2 aromatic carbocycles. The highest BCUT2D eigenvalue weighted by Gasteiger charge is 2.22. The lowest BCUT2D eigenvalue weighted by atomic mass is 9.90. The lowest BCUT2D eigenvalue weighted by Crippen LogP contribution is -2.07. The molecule has 4 aromatic rings. The molecule has 2 aromatic heterocycles. The Morgan fingerprint density at radius 1 is 1.15 bits per heavy atom. The second-order valence-corrected chi connectivity index (χ2v) is 8.10. The van der Waals surface area contributed by atoms with Crippen molar-refractivity contribution in [3.05, 3.63) is 88.3 Å². The molecule has 7 heteroatoms. The van der Waals surface area contributed by atoms with E-state index >= 15 is 0 Å². The van der Waals surface area contributed by atoms with Gasteiger partial charge in [0.15, 0.2) is 11.3 Å². The van der Waals surface area contributed by atoms with Crippen molar-refractivity contribution in [1.29, 1.82) is 5.26 Å². The van der Waals surface area contributed by atoms with Crippen LogP contribution in [0.15, 0.2) is 54.4 Å². The summed E-state index contributed by atoms with van der Waals surface area (Å²) in [7, 11) is 0. The third-order valence-corrected chi connectivity index (χ3v) is 5.85. The molecule has 0 N–H and O–H groups in total. The Morgan fingerprint density at radius 2 is 1.97 bits per heavy atom. The van der Waals surface area contributed by atoms with Crippen LogP contribution < -0.4 is 4.74 Å². The Bertz CT molecular complexity index is 1450. The van der Waals surface area contributed by atoms with Crippen molar-refractivity contribution in [2.24, 2.45) is 0 Å². The van der Waals surface area contributed by atoms with E-state index < -0.39 is 0 Å². The molecule has 0 unspecified atom stereocenters. The van der Waals surface area contributed by atoms with Gasteiger partial charge in [-0.15, -0.1) is 0 Å². The highest BCUT2D eigenvalue weighted by atomic mass is 19.1. The summed E-state index contributed by atoms with van der Waals surface area (Å²) in [6, 6.07) is 12.9. The quantitative estimate of drug-likeness (QED) is 0.408. The van der Waals surface area contributed by atoms with Gasteiger partial charge in [-0.2, -0.15) is 5.26 Å². The third-order valence-electron chi connectivity index (χ3n) is 5.85. The number of aromatic nitrogens is 4. The van der Waals surface area contributed by atoms with Gasteiger partial charge < -0.3 is 9.30 Å². The molecule has 5 rings (SSSR count). The minimum Gasteiger partial charge on any atom is -0.488 e. The standard InChI is InChI=1S/C26H22FN5O/c1-3-4-23-31-25-26(30-10-9-29-25)32(23)14-17-5-7-20-18(11-17)15-33-22-12-19(27)6-8-21(22)24(20)16(2)13-28/h5-12H,3-4,14-15H2,1-2H3/b24-16-. The zero-order valence-electron chi connectivity index (χ0n) is 18.5. The van der Waals surface area contributed by atoms with Crippen LogP contribution in [0.2, 0.25) is 0 Å². The predicted octanol–water partition coefficient (Wildman–Crippen LogP) is 5.20. The summed E-state index contributed by atoms with van der Waals surface area (Å²) in [6.07, 6.45) is 5.14. The second kappa shape index (κ2) is 8.47. The van der Waals surface area contributed by atoms with Gasteiger partial charge in [-0.25, -0.2) is 19.3 Å². The lowest BCUT2D eigenvalue weighted by molar-refractivity contribution is 0.305. The smallest absolute Gasteiger partial charge is 0.197 e.